The fourth-order valence-corrected chi connectivity index (χ4v) is 4.10. The molecule has 168 valence electrons. The number of benzene rings is 2. The Labute approximate surface area is 183 Å². The lowest BCUT2D eigenvalue weighted by molar-refractivity contribution is -0.137. The molecule has 1 amide bonds. The summed E-state index contributed by atoms with van der Waals surface area (Å²) in [6, 6.07) is 8.66. The van der Waals surface area contributed by atoms with E-state index in [1.54, 1.807) is 17.0 Å². The molecule has 2 aromatic carbocycles. The SMILES string of the molecule is Cc1ccc(-c2nc3n(c2Nc2ccc(F)cc2)CCN(C(=O)CN)C3(C)C)c(F)c1F. The number of aryl methyl sites for hydroxylation is 1. The van der Waals surface area contributed by atoms with Gasteiger partial charge >= 0.3 is 0 Å². The van der Waals surface area contributed by atoms with Crippen molar-refractivity contribution in [2.24, 2.45) is 5.73 Å². The molecule has 0 saturated carbocycles. The maximum atomic E-state index is 15.0. The third-order valence-corrected chi connectivity index (χ3v) is 5.85. The maximum Gasteiger partial charge on any atom is 0.237 e. The van der Waals surface area contributed by atoms with Gasteiger partial charge in [-0.15, -0.1) is 0 Å². The van der Waals surface area contributed by atoms with Gasteiger partial charge in [0, 0.05) is 24.3 Å². The zero-order valence-electron chi connectivity index (χ0n) is 18.0. The molecule has 0 atom stereocenters. The van der Waals surface area contributed by atoms with Crippen LogP contribution in [-0.4, -0.2) is 33.4 Å². The van der Waals surface area contributed by atoms with Crippen LogP contribution in [0.1, 0.15) is 25.2 Å². The van der Waals surface area contributed by atoms with E-state index in [4.69, 9.17) is 5.73 Å². The van der Waals surface area contributed by atoms with Crippen LogP contribution in [0.15, 0.2) is 36.4 Å². The third-order valence-electron chi connectivity index (χ3n) is 5.85. The van der Waals surface area contributed by atoms with Crippen LogP contribution in [0, 0.1) is 24.4 Å². The van der Waals surface area contributed by atoms with Crippen LogP contribution in [0.5, 0.6) is 0 Å². The number of carbonyl (C=O) groups is 1. The summed E-state index contributed by atoms with van der Waals surface area (Å²) in [6.07, 6.45) is 0. The van der Waals surface area contributed by atoms with Crippen molar-refractivity contribution in [3.8, 4) is 11.3 Å². The molecule has 32 heavy (non-hydrogen) atoms. The summed E-state index contributed by atoms with van der Waals surface area (Å²) in [6.45, 7) is 5.74. The highest BCUT2D eigenvalue weighted by molar-refractivity contribution is 5.80. The number of rotatable bonds is 4. The molecule has 6 nitrogen and oxygen atoms in total. The zero-order chi connectivity index (χ0) is 23.2. The highest BCUT2D eigenvalue weighted by atomic mass is 19.2. The summed E-state index contributed by atoms with van der Waals surface area (Å²) in [5.41, 5.74) is 5.68. The number of aromatic nitrogens is 2. The third kappa shape index (κ3) is 3.52. The second-order valence-corrected chi connectivity index (χ2v) is 8.28. The fraction of sp³-hybridized carbons (Fsp3) is 0.304. The van der Waals surface area contributed by atoms with E-state index in [1.165, 1.54) is 31.2 Å². The molecule has 1 aliphatic rings. The van der Waals surface area contributed by atoms with Crippen molar-refractivity contribution in [3.05, 3.63) is 65.2 Å². The fourth-order valence-electron chi connectivity index (χ4n) is 4.10. The molecule has 2 heterocycles. The van der Waals surface area contributed by atoms with Gasteiger partial charge in [-0.2, -0.15) is 0 Å². The molecule has 0 unspecified atom stereocenters. The molecule has 1 aliphatic heterocycles. The highest BCUT2D eigenvalue weighted by Crippen LogP contribution is 2.40. The standard InChI is InChI=1S/C23H24F3N5O/c1-13-4-9-16(19(26)18(13)25)20-21(28-15-7-5-14(24)6-8-15)30-10-11-31(17(32)12-27)23(2,3)22(30)29-20/h4-9,28H,10-12,27H2,1-3H3. The average molecular weight is 443 g/mol. The molecule has 0 radical (unpaired) electrons. The van der Waals surface area contributed by atoms with Gasteiger partial charge in [0.15, 0.2) is 11.6 Å². The van der Waals surface area contributed by atoms with E-state index in [0.717, 1.165) is 0 Å². The van der Waals surface area contributed by atoms with Crippen LogP contribution in [-0.2, 0) is 16.9 Å². The lowest BCUT2D eigenvalue weighted by Gasteiger charge is -2.42. The van der Waals surface area contributed by atoms with Gasteiger partial charge in [-0.25, -0.2) is 18.2 Å². The number of hydrogen-bond acceptors (Lipinski definition) is 4. The normalized spacial score (nSPS) is 14.9. The summed E-state index contributed by atoms with van der Waals surface area (Å²) >= 11 is 0. The molecule has 1 aromatic heterocycles. The van der Waals surface area contributed by atoms with E-state index in [-0.39, 0.29) is 29.3 Å². The van der Waals surface area contributed by atoms with Crippen LogP contribution in [0.25, 0.3) is 11.3 Å². The molecule has 9 heteroatoms. The van der Waals surface area contributed by atoms with Gasteiger partial charge in [0.25, 0.3) is 0 Å². The van der Waals surface area contributed by atoms with E-state index in [0.29, 0.717) is 30.4 Å². The second kappa shape index (κ2) is 7.98. The monoisotopic (exact) mass is 443 g/mol. The molecule has 0 saturated heterocycles. The number of nitrogens with zero attached hydrogens (tertiary/aromatic N) is 3. The summed E-state index contributed by atoms with van der Waals surface area (Å²) in [7, 11) is 0. The minimum absolute atomic E-state index is 0.00730. The molecule has 3 N–H and O–H groups in total. The summed E-state index contributed by atoms with van der Waals surface area (Å²) in [5, 5.41) is 3.18. The van der Waals surface area contributed by atoms with E-state index >= 15 is 0 Å². The summed E-state index contributed by atoms with van der Waals surface area (Å²) in [4.78, 5) is 18.7. The number of carbonyl (C=O) groups excluding carboxylic acids is 1. The van der Waals surface area contributed by atoms with E-state index in [9.17, 15) is 18.0 Å². The Morgan fingerprint density at radius 1 is 1.09 bits per heavy atom. The Morgan fingerprint density at radius 3 is 2.44 bits per heavy atom. The number of anilines is 2. The van der Waals surface area contributed by atoms with Crippen molar-refractivity contribution in [1.29, 1.82) is 0 Å². The first-order valence-corrected chi connectivity index (χ1v) is 10.2. The van der Waals surface area contributed by atoms with Crippen molar-refractivity contribution in [2.45, 2.75) is 32.9 Å². The minimum atomic E-state index is -1.00. The first-order chi connectivity index (χ1) is 15.1. The van der Waals surface area contributed by atoms with Crippen LogP contribution < -0.4 is 11.1 Å². The largest absolute Gasteiger partial charge is 0.340 e. The number of nitrogens with one attached hydrogen (secondary N) is 1. The summed E-state index contributed by atoms with van der Waals surface area (Å²) in [5.74, 6) is -1.64. The maximum absolute atomic E-state index is 15.0. The van der Waals surface area contributed by atoms with E-state index in [1.807, 2.05) is 18.4 Å². The number of fused-ring (bicyclic) bond motifs is 1. The molecular weight excluding hydrogens is 419 g/mol. The predicted molar refractivity (Wildman–Crippen MR) is 116 cm³/mol. The smallest absolute Gasteiger partial charge is 0.237 e. The predicted octanol–water partition coefficient (Wildman–Crippen LogP) is 4.06. The Kier molecular flexibility index (Phi) is 5.46. The van der Waals surface area contributed by atoms with Crippen molar-refractivity contribution in [2.75, 3.05) is 18.4 Å². The molecule has 0 fully saturated rings. The number of hydrogen-bond donors (Lipinski definition) is 2. The molecule has 0 spiro atoms. The van der Waals surface area contributed by atoms with Gasteiger partial charge in [0.2, 0.25) is 5.91 Å². The van der Waals surface area contributed by atoms with Gasteiger partial charge in [0.05, 0.1) is 12.1 Å². The Hall–Kier alpha value is -3.33. The van der Waals surface area contributed by atoms with Gasteiger partial charge in [-0.1, -0.05) is 6.07 Å². The number of amides is 1. The van der Waals surface area contributed by atoms with Gasteiger partial charge < -0.3 is 20.5 Å². The van der Waals surface area contributed by atoms with Crippen LogP contribution in [0.4, 0.5) is 24.7 Å². The van der Waals surface area contributed by atoms with Crippen LogP contribution in [0.2, 0.25) is 0 Å². The molecule has 4 rings (SSSR count). The van der Waals surface area contributed by atoms with Crippen molar-refractivity contribution < 1.29 is 18.0 Å². The number of imidazole rings is 1. The first-order valence-electron chi connectivity index (χ1n) is 10.2. The van der Waals surface area contributed by atoms with Gasteiger partial charge in [-0.05, 0) is 56.7 Å². The topological polar surface area (TPSA) is 76.2 Å². The summed E-state index contributed by atoms with van der Waals surface area (Å²) < 4.78 is 44.6. The van der Waals surface area contributed by atoms with Crippen molar-refractivity contribution >= 4 is 17.4 Å². The Morgan fingerprint density at radius 2 is 1.78 bits per heavy atom. The van der Waals surface area contributed by atoms with Crippen LogP contribution >= 0.6 is 0 Å². The average Bonchev–Trinajstić information content (AvgIpc) is 3.13. The van der Waals surface area contributed by atoms with Gasteiger partial charge in [-0.3, -0.25) is 4.79 Å². The quantitative estimate of drug-likeness (QED) is 0.638. The van der Waals surface area contributed by atoms with E-state index < -0.39 is 23.0 Å². The Balaban J connectivity index is 1.92. The number of halogens is 3. The lowest BCUT2D eigenvalue weighted by atomic mass is 9.99. The Bertz CT molecular complexity index is 1190. The lowest BCUT2D eigenvalue weighted by Crippen LogP contribution is -2.53. The van der Waals surface area contributed by atoms with Crippen molar-refractivity contribution in [1.82, 2.24) is 14.5 Å². The molecular formula is C23H24F3N5O. The van der Waals surface area contributed by atoms with E-state index in [2.05, 4.69) is 10.3 Å². The first kappa shape index (κ1) is 21.9. The van der Waals surface area contributed by atoms with Crippen LogP contribution in [0.3, 0.4) is 0 Å². The minimum Gasteiger partial charge on any atom is -0.340 e. The number of nitrogens with two attached hydrogens (primary N) is 1. The molecule has 0 aliphatic carbocycles. The highest BCUT2D eigenvalue weighted by Gasteiger charge is 2.41. The van der Waals surface area contributed by atoms with Gasteiger partial charge in [0.1, 0.15) is 23.2 Å². The molecule has 0 bridgehead atoms. The zero-order valence-corrected chi connectivity index (χ0v) is 18.0. The second-order valence-electron chi connectivity index (χ2n) is 8.28. The molecule has 3 aromatic rings. The van der Waals surface area contributed by atoms with Crippen molar-refractivity contribution in [3.63, 3.8) is 0 Å².